The van der Waals surface area contributed by atoms with Gasteiger partial charge in [0.05, 0.1) is 35.9 Å². The largest absolute Gasteiger partial charge is 0.370 e. The number of nitrogens with one attached hydrogen (secondary N) is 1. The van der Waals surface area contributed by atoms with Crippen LogP contribution in [-0.4, -0.2) is 51.1 Å². The summed E-state index contributed by atoms with van der Waals surface area (Å²) in [4.78, 5) is 26.6. The van der Waals surface area contributed by atoms with E-state index < -0.39 is 18.1 Å². The van der Waals surface area contributed by atoms with Crippen molar-refractivity contribution in [3.8, 4) is 11.3 Å². The first kappa shape index (κ1) is 22.4. The van der Waals surface area contributed by atoms with Gasteiger partial charge in [-0.05, 0) is 25.1 Å². The van der Waals surface area contributed by atoms with Gasteiger partial charge in [0.1, 0.15) is 30.2 Å². The van der Waals surface area contributed by atoms with Crippen LogP contribution in [0, 0.1) is 12.7 Å². The predicted octanol–water partition coefficient (Wildman–Crippen LogP) is 3.83. The smallest absolute Gasteiger partial charge is 0.260 e. The van der Waals surface area contributed by atoms with Crippen molar-refractivity contribution < 1.29 is 13.5 Å². The number of aromatic amines is 1. The number of anilines is 1. The van der Waals surface area contributed by atoms with Crippen LogP contribution >= 0.6 is 11.6 Å². The van der Waals surface area contributed by atoms with Gasteiger partial charge in [-0.3, -0.25) is 9.48 Å². The maximum atomic E-state index is 14.9. The molecule has 0 unspecified atom stereocenters. The average Bonchev–Trinajstić information content (AvgIpc) is 3.27. The third kappa shape index (κ3) is 4.26. The Bertz CT molecular complexity index is 1420. The maximum absolute atomic E-state index is 14.9. The summed E-state index contributed by atoms with van der Waals surface area (Å²) in [6, 6.07) is 5.97. The van der Waals surface area contributed by atoms with E-state index in [1.807, 2.05) is 4.90 Å². The van der Waals surface area contributed by atoms with Crippen LogP contribution in [0.15, 0.2) is 41.5 Å². The summed E-state index contributed by atoms with van der Waals surface area (Å²) in [6.07, 6.45) is 3.13. The number of halogens is 3. The molecule has 3 aromatic heterocycles. The van der Waals surface area contributed by atoms with Gasteiger partial charge in [0.2, 0.25) is 0 Å². The molecule has 176 valence electrons. The van der Waals surface area contributed by atoms with E-state index >= 15 is 0 Å². The Morgan fingerprint density at radius 1 is 1.29 bits per heavy atom. The number of morpholine rings is 1. The van der Waals surface area contributed by atoms with Gasteiger partial charge in [-0.1, -0.05) is 11.6 Å². The van der Waals surface area contributed by atoms with Gasteiger partial charge in [-0.15, -0.1) is 0 Å². The Labute approximate surface area is 198 Å². The number of rotatable bonds is 5. The fraction of sp³-hybridized carbons (Fsp3) is 0.304. The molecule has 34 heavy (non-hydrogen) atoms. The lowest BCUT2D eigenvalue weighted by molar-refractivity contribution is 0.0395. The molecule has 1 fully saturated rings. The van der Waals surface area contributed by atoms with Gasteiger partial charge in [0.15, 0.2) is 0 Å². The first-order valence-electron chi connectivity index (χ1n) is 10.7. The molecule has 8 nitrogen and oxygen atoms in total. The van der Waals surface area contributed by atoms with Crippen LogP contribution in [0.5, 0.6) is 0 Å². The van der Waals surface area contributed by atoms with Crippen molar-refractivity contribution in [3.05, 3.63) is 69.2 Å². The van der Waals surface area contributed by atoms with Crippen LogP contribution in [0.4, 0.5) is 14.6 Å². The number of aryl methyl sites for hydroxylation is 2. The van der Waals surface area contributed by atoms with Crippen molar-refractivity contribution in [3.63, 3.8) is 0 Å². The van der Waals surface area contributed by atoms with Crippen molar-refractivity contribution in [2.75, 3.05) is 31.3 Å². The number of nitrogens with zero attached hydrogens (tertiary/aromatic N) is 5. The molecule has 1 aliphatic rings. The lowest BCUT2D eigenvalue weighted by atomic mass is 10.1. The minimum absolute atomic E-state index is 0.157. The number of H-pyrrole nitrogens is 1. The molecule has 4 heterocycles. The summed E-state index contributed by atoms with van der Waals surface area (Å²) in [5.74, 6) is 0.398. The molecule has 0 bridgehead atoms. The average molecular weight is 487 g/mol. The molecule has 0 saturated carbocycles. The van der Waals surface area contributed by atoms with Gasteiger partial charge < -0.3 is 14.6 Å². The highest BCUT2D eigenvalue weighted by atomic mass is 35.5. The minimum atomic E-state index is -0.585. The second-order valence-corrected chi connectivity index (χ2v) is 8.47. The number of pyridine rings is 1. The number of fused-ring (bicyclic) bond motifs is 1. The minimum Gasteiger partial charge on any atom is -0.370 e. The molecule has 0 spiro atoms. The summed E-state index contributed by atoms with van der Waals surface area (Å²) in [5.41, 5.74) is 1.19. The normalized spacial score (nSPS) is 16.4. The van der Waals surface area contributed by atoms with Gasteiger partial charge in [-0.25, -0.2) is 18.7 Å². The molecule has 0 amide bonds. The topological polar surface area (TPSA) is 88.9 Å². The van der Waals surface area contributed by atoms with Crippen LogP contribution < -0.4 is 10.5 Å². The second kappa shape index (κ2) is 9.11. The van der Waals surface area contributed by atoms with Crippen LogP contribution in [-0.2, 0) is 11.3 Å². The summed E-state index contributed by atoms with van der Waals surface area (Å²) in [7, 11) is 0. The zero-order valence-electron chi connectivity index (χ0n) is 18.3. The Morgan fingerprint density at radius 2 is 2.15 bits per heavy atom. The van der Waals surface area contributed by atoms with E-state index in [1.165, 1.54) is 16.8 Å². The van der Waals surface area contributed by atoms with E-state index in [4.69, 9.17) is 21.3 Å². The Kier molecular flexibility index (Phi) is 6.01. The highest BCUT2D eigenvalue weighted by Crippen LogP contribution is 2.32. The molecule has 1 N–H and O–H groups in total. The molecular weight excluding hydrogens is 466 g/mol. The number of aromatic nitrogens is 5. The molecular formula is C23H21ClF2N6O2. The van der Waals surface area contributed by atoms with E-state index in [0.29, 0.717) is 36.9 Å². The van der Waals surface area contributed by atoms with Gasteiger partial charge in [-0.2, -0.15) is 5.10 Å². The zero-order chi connectivity index (χ0) is 23.8. The third-order valence-electron chi connectivity index (χ3n) is 5.71. The van der Waals surface area contributed by atoms with Crippen molar-refractivity contribution in [1.82, 2.24) is 24.7 Å². The van der Waals surface area contributed by atoms with Crippen LogP contribution in [0.1, 0.15) is 17.5 Å². The second-order valence-electron chi connectivity index (χ2n) is 8.03. The zero-order valence-corrected chi connectivity index (χ0v) is 19.0. The van der Waals surface area contributed by atoms with Crippen molar-refractivity contribution >= 4 is 28.3 Å². The fourth-order valence-electron chi connectivity index (χ4n) is 4.12. The number of hydrogen-bond acceptors (Lipinski definition) is 6. The molecule has 1 aromatic carbocycles. The highest BCUT2D eigenvalue weighted by molar-refractivity contribution is 6.30. The first-order valence-corrected chi connectivity index (χ1v) is 11.1. The summed E-state index contributed by atoms with van der Waals surface area (Å²) >= 11 is 5.93. The maximum Gasteiger partial charge on any atom is 0.260 e. The summed E-state index contributed by atoms with van der Waals surface area (Å²) < 4.78 is 35.0. The fourth-order valence-corrected chi connectivity index (χ4v) is 4.28. The molecule has 0 aliphatic carbocycles. The molecule has 1 saturated heterocycles. The standard InChI is InChI=1S/C23H21ClF2N6O2/c1-13-28-18-9-20(31-6-7-34-19(12-31)14-10-27-32(11-14)5-4-25)30-22(21(18)23(33)29-13)16-3-2-15(24)8-17(16)26/h2-3,8-11,19H,4-7,12H2,1H3,(H,28,29,33)/t19-/m1/s1. The molecule has 1 atom stereocenters. The summed E-state index contributed by atoms with van der Waals surface area (Å²) in [6.45, 7) is 2.77. The third-order valence-corrected chi connectivity index (χ3v) is 5.95. The van der Waals surface area contributed by atoms with E-state index in [9.17, 15) is 13.6 Å². The van der Waals surface area contributed by atoms with Crippen molar-refractivity contribution in [1.29, 1.82) is 0 Å². The van der Waals surface area contributed by atoms with E-state index in [1.54, 1.807) is 31.5 Å². The SMILES string of the molecule is Cc1nc2cc(N3CCO[C@@H](c4cnn(CCF)c4)C3)nc(-c3ccc(Cl)cc3F)c2c(=O)[nH]1. The number of hydrogen-bond donors (Lipinski definition) is 1. The quantitative estimate of drug-likeness (QED) is 0.461. The van der Waals surface area contributed by atoms with Crippen molar-refractivity contribution in [2.45, 2.75) is 19.6 Å². The monoisotopic (exact) mass is 486 g/mol. The Morgan fingerprint density at radius 3 is 2.94 bits per heavy atom. The van der Waals surface area contributed by atoms with Crippen LogP contribution in [0.3, 0.4) is 0 Å². The van der Waals surface area contributed by atoms with Gasteiger partial charge in [0.25, 0.3) is 5.56 Å². The van der Waals surface area contributed by atoms with Gasteiger partial charge in [0, 0.05) is 41.5 Å². The molecule has 4 aromatic rings. The van der Waals surface area contributed by atoms with E-state index in [-0.39, 0.29) is 34.3 Å². The first-order chi connectivity index (χ1) is 16.4. The van der Waals surface area contributed by atoms with Crippen molar-refractivity contribution in [2.24, 2.45) is 0 Å². The highest BCUT2D eigenvalue weighted by Gasteiger charge is 2.26. The number of benzene rings is 1. The lowest BCUT2D eigenvalue weighted by Crippen LogP contribution is -2.39. The van der Waals surface area contributed by atoms with Crippen LogP contribution in [0.25, 0.3) is 22.2 Å². The predicted molar refractivity (Wildman–Crippen MR) is 124 cm³/mol. The molecule has 1 aliphatic heterocycles. The Balaban J connectivity index is 1.58. The number of ether oxygens (including phenoxy) is 1. The van der Waals surface area contributed by atoms with E-state index in [2.05, 4.69) is 15.1 Å². The lowest BCUT2D eigenvalue weighted by Gasteiger charge is -2.33. The molecule has 0 radical (unpaired) electrons. The van der Waals surface area contributed by atoms with Crippen LogP contribution in [0.2, 0.25) is 5.02 Å². The molecule has 5 rings (SSSR count). The summed E-state index contributed by atoms with van der Waals surface area (Å²) in [5, 5.41) is 4.62. The number of alkyl halides is 1. The molecule has 11 heteroatoms. The van der Waals surface area contributed by atoms with Gasteiger partial charge >= 0.3 is 0 Å². The Hall–Kier alpha value is -3.37. The van der Waals surface area contributed by atoms with E-state index in [0.717, 1.165) is 5.56 Å².